The fourth-order valence-electron chi connectivity index (χ4n) is 4.06. The maximum Gasteiger partial charge on any atom is 0.160 e. The van der Waals surface area contributed by atoms with E-state index < -0.39 is 0 Å². The number of nitrogens with two attached hydrogens (primary N) is 1. The number of hydrogen-bond donors (Lipinski definition) is 1. The lowest BCUT2D eigenvalue weighted by Crippen LogP contribution is -2.44. The van der Waals surface area contributed by atoms with Crippen molar-refractivity contribution in [1.82, 2.24) is 9.80 Å². The van der Waals surface area contributed by atoms with Crippen LogP contribution in [0.15, 0.2) is 65.5 Å². The van der Waals surface area contributed by atoms with E-state index in [1.807, 2.05) is 13.8 Å². The lowest BCUT2D eigenvalue weighted by Gasteiger charge is -2.42. The molecule has 0 aromatic carbocycles. The van der Waals surface area contributed by atoms with Gasteiger partial charge >= 0.3 is 0 Å². The molecule has 0 aromatic heterocycles. The Kier molecular flexibility index (Phi) is 7.20. The molecule has 1 aliphatic heterocycles. The molecule has 0 saturated heterocycles. The van der Waals surface area contributed by atoms with Crippen LogP contribution in [0.5, 0.6) is 0 Å². The van der Waals surface area contributed by atoms with E-state index in [2.05, 4.69) is 81.9 Å². The van der Waals surface area contributed by atoms with E-state index >= 15 is 0 Å². The fourth-order valence-corrected chi connectivity index (χ4v) is 4.06. The van der Waals surface area contributed by atoms with E-state index in [9.17, 15) is 0 Å². The lowest BCUT2D eigenvalue weighted by molar-refractivity contribution is 0.131. The van der Waals surface area contributed by atoms with Crippen LogP contribution in [-0.4, -0.2) is 28.1 Å². The number of rotatable bonds is 7. The summed E-state index contributed by atoms with van der Waals surface area (Å²) in [5, 5.41) is 0. The molecule has 4 heteroatoms. The average Bonchev–Trinajstić information content (AvgIpc) is 2.84. The monoisotopic (exact) mass is 396 g/mol. The lowest BCUT2D eigenvalue weighted by atomic mass is 9.80. The van der Waals surface area contributed by atoms with Crippen molar-refractivity contribution in [2.45, 2.75) is 67.3 Å². The van der Waals surface area contributed by atoms with Gasteiger partial charge in [-0.1, -0.05) is 72.1 Å². The largest absolute Gasteiger partial charge is 0.397 e. The predicted molar refractivity (Wildman–Crippen MR) is 126 cm³/mol. The third-order valence-corrected chi connectivity index (χ3v) is 5.42. The summed E-state index contributed by atoms with van der Waals surface area (Å²) in [5.74, 6) is 2.81. The molecule has 160 valence electrons. The summed E-state index contributed by atoms with van der Waals surface area (Å²) in [4.78, 5) is 9.46. The van der Waals surface area contributed by atoms with Crippen molar-refractivity contribution in [3.8, 4) is 0 Å². The molecule has 2 N–H and O–H groups in total. The van der Waals surface area contributed by atoms with Crippen LogP contribution in [0.3, 0.4) is 0 Å². The summed E-state index contributed by atoms with van der Waals surface area (Å²) in [7, 11) is 0. The van der Waals surface area contributed by atoms with Crippen LogP contribution >= 0.6 is 0 Å². The quantitative estimate of drug-likeness (QED) is 0.554. The molecule has 0 bridgehead atoms. The van der Waals surface area contributed by atoms with E-state index in [0.717, 1.165) is 42.4 Å². The highest BCUT2D eigenvalue weighted by molar-refractivity contribution is 5.80. The molecule has 0 fully saturated rings. The van der Waals surface area contributed by atoms with Gasteiger partial charge < -0.3 is 15.5 Å². The molecule has 2 aliphatic rings. The Balaban J connectivity index is 2.57. The van der Waals surface area contributed by atoms with Crippen molar-refractivity contribution in [1.29, 1.82) is 0 Å². The highest BCUT2D eigenvalue weighted by Crippen LogP contribution is 2.43. The van der Waals surface area contributed by atoms with Crippen LogP contribution in [0.2, 0.25) is 0 Å². The topological polar surface area (TPSA) is 44.9 Å². The molecule has 0 saturated carbocycles. The van der Waals surface area contributed by atoms with Gasteiger partial charge in [0.1, 0.15) is 11.5 Å². The second kappa shape index (κ2) is 9.06. The summed E-state index contributed by atoms with van der Waals surface area (Å²) < 4.78 is 0. The van der Waals surface area contributed by atoms with Gasteiger partial charge in [0, 0.05) is 18.3 Å². The van der Waals surface area contributed by atoms with Gasteiger partial charge in [-0.15, -0.1) is 0 Å². The zero-order valence-corrected chi connectivity index (χ0v) is 19.5. The van der Waals surface area contributed by atoms with Gasteiger partial charge in [0.05, 0.1) is 5.70 Å². The molecule has 0 amide bonds. The van der Waals surface area contributed by atoms with E-state index in [-0.39, 0.29) is 11.5 Å². The molecule has 1 aliphatic carbocycles. The molecular weight excluding hydrogens is 356 g/mol. The van der Waals surface area contributed by atoms with Gasteiger partial charge in [-0.3, -0.25) is 0 Å². The molecule has 0 radical (unpaired) electrons. The maximum atomic E-state index is 6.37. The standard InChI is InChI=1S/C25H40N4/c1-17(2)15-22(25(7,8)9)29-20(6)28(16-21-13-11-10-12-14-21)24(27-18(3)4)23(29)19(5)26/h10-13,17,21-22H,5-6,14-16,26H2,1-4,7-9H3. The average molecular weight is 397 g/mol. The van der Waals surface area contributed by atoms with Gasteiger partial charge in [-0.05, 0) is 43.9 Å². The fraction of sp³-hybridized carbons (Fsp3) is 0.560. The Morgan fingerprint density at radius 2 is 1.93 bits per heavy atom. The van der Waals surface area contributed by atoms with E-state index in [1.54, 1.807) is 0 Å². The Morgan fingerprint density at radius 3 is 2.38 bits per heavy atom. The number of nitrogens with zero attached hydrogens (tertiary/aromatic N) is 3. The first-order chi connectivity index (χ1) is 13.4. The minimum atomic E-state index is 0.0491. The first kappa shape index (κ1) is 23.1. The van der Waals surface area contributed by atoms with Crippen LogP contribution in [0, 0.1) is 17.3 Å². The van der Waals surface area contributed by atoms with Crippen LogP contribution in [0.1, 0.15) is 61.3 Å². The molecule has 2 rings (SSSR count). The van der Waals surface area contributed by atoms with Crippen LogP contribution in [-0.2, 0) is 0 Å². The summed E-state index contributed by atoms with van der Waals surface area (Å²) in [6.07, 6.45) is 10.8. The summed E-state index contributed by atoms with van der Waals surface area (Å²) in [6.45, 7) is 24.9. The van der Waals surface area contributed by atoms with Crippen molar-refractivity contribution in [2.24, 2.45) is 28.0 Å². The molecule has 0 spiro atoms. The number of hydrogen-bond acceptors (Lipinski definition) is 4. The maximum absolute atomic E-state index is 6.37. The Labute approximate surface area is 178 Å². The van der Waals surface area contributed by atoms with E-state index in [4.69, 9.17) is 10.7 Å². The summed E-state index contributed by atoms with van der Waals surface area (Å²) >= 11 is 0. The molecule has 0 aromatic rings. The molecule has 29 heavy (non-hydrogen) atoms. The Hall–Kier alpha value is -2.23. The third kappa shape index (κ3) is 5.43. The molecule has 1 heterocycles. The molecule has 2 unspecified atom stereocenters. The van der Waals surface area contributed by atoms with Gasteiger partial charge in [0.2, 0.25) is 0 Å². The minimum absolute atomic E-state index is 0.0491. The second-order valence-electron chi connectivity index (χ2n) is 9.97. The van der Waals surface area contributed by atoms with Gasteiger partial charge in [0.25, 0.3) is 0 Å². The van der Waals surface area contributed by atoms with Crippen LogP contribution in [0.4, 0.5) is 0 Å². The van der Waals surface area contributed by atoms with Crippen molar-refractivity contribution in [2.75, 3.05) is 6.54 Å². The molecule has 2 atom stereocenters. The smallest absolute Gasteiger partial charge is 0.160 e. The molecule has 4 nitrogen and oxygen atoms in total. The zero-order chi connectivity index (χ0) is 21.9. The van der Waals surface area contributed by atoms with Gasteiger partial charge in [0.15, 0.2) is 5.82 Å². The van der Waals surface area contributed by atoms with Crippen LogP contribution in [0.25, 0.3) is 0 Å². The zero-order valence-electron chi connectivity index (χ0n) is 19.5. The van der Waals surface area contributed by atoms with Crippen molar-refractivity contribution < 1.29 is 0 Å². The first-order valence-electron chi connectivity index (χ1n) is 10.7. The van der Waals surface area contributed by atoms with Crippen LogP contribution < -0.4 is 5.73 Å². The SMILES string of the molecule is C=C(N)C1=C(N=C(C)C)N(CC2C=CC=CC2)C(=C)N1C(CC(C)C)C(C)(C)C. The van der Waals surface area contributed by atoms with Crippen molar-refractivity contribution >= 4 is 5.71 Å². The highest BCUT2D eigenvalue weighted by atomic mass is 15.4. The number of allylic oxidation sites excluding steroid dienone is 3. The minimum Gasteiger partial charge on any atom is -0.397 e. The Morgan fingerprint density at radius 1 is 1.28 bits per heavy atom. The molecular formula is C25H40N4. The highest BCUT2D eigenvalue weighted by Gasteiger charge is 2.42. The summed E-state index contributed by atoms with van der Waals surface area (Å²) in [5.41, 5.74) is 8.87. The second-order valence-corrected chi connectivity index (χ2v) is 9.97. The first-order valence-corrected chi connectivity index (χ1v) is 10.7. The number of aliphatic imine (C=N–C) groups is 1. The Bertz CT molecular complexity index is 754. The third-order valence-electron chi connectivity index (χ3n) is 5.42. The normalized spacial score (nSPS) is 20.7. The van der Waals surface area contributed by atoms with Crippen molar-refractivity contribution in [3.05, 3.63) is 60.5 Å². The van der Waals surface area contributed by atoms with Gasteiger partial charge in [-0.2, -0.15) is 0 Å². The van der Waals surface area contributed by atoms with Crippen molar-refractivity contribution in [3.63, 3.8) is 0 Å². The van der Waals surface area contributed by atoms with Gasteiger partial charge in [-0.25, -0.2) is 4.99 Å². The van der Waals surface area contributed by atoms with E-state index in [1.165, 1.54) is 0 Å². The van der Waals surface area contributed by atoms with E-state index in [0.29, 0.717) is 17.5 Å². The predicted octanol–water partition coefficient (Wildman–Crippen LogP) is 5.79. The summed E-state index contributed by atoms with van der Waals surface area (Å²) in [6, 6.07) is 0.249.